The van der Waals surface area contributed by atoms with Gasteiger partial charge in [-0.25, -0.2) is 0 Å². The summed E-state index contributed by atoms with van der Waals surface area (Å²) in [5.41, 5.74) is 0. The average Bonchev–Trinajstić information content (AvgIpc) is 3.03. The molecule has 0 bridgehead atoms. The van der Waals surface area contributed by atoms with Crippen LogP contribution in [0, 0.1) is 5.92 Å². The van der Waals surface area contributed by atoms with Gasteiger partial charge in [0.05, 0.1) is 0 Å². The fourth-order valence-corrected chi connectivity index (χ4v) is 3.70. The van der Waals surface area contributed by atoms with Gasteiger partial charge >= 0.3 is 0 Å². The summed E-state index contributed by atoms with van der Waals surface area (Å²) in [5, 5.41) is 6.88. The van der Waals surface area contributed by atoms with Crippen LogP contribution in [0.5, 0.6) is 0 Å². The molecule has 23 heavy (non-hydrogen) atoms. The zero-order valence-electron chi connectivity index (χ0n) is 14.4. The van der Waals surface area contributed by atoms with Crippen molar-refractivity contribution >= 4 is 17.7 Å². The Bertz CT molecular complexity index is 463. The first-order valence-electron chi connectivity index (χ1n) is 8.66. The minimum Gasteiger partial charge on any atom is -0.356 e. The number of benzene rings is 1. The standard InChI is InChI=1S/C18H30N4S/c1-3-11-22-12-9-16(15-22)14-21-18(19-2)20-10-13-23-17-7-5-4-6-8-17/h4-8,16H,3,9-15H2,1-2H3,(H2,19,20,21). The largest absolute Gasteiger partial charge is 0.356 e. The first-order chi connectivity index (χ1) is 11.3. The normalized spacial score (nSPS) is 19.0. The number of hydrogen-bond donors (Lipinski definition) is 2. The summed E-state index contributed by atoms with van der Waals surface area (Å²) in [4.78, 5) is 8.21. The average molecular weight is 335 g/mol. The second kappa shape index (κ2) is 10.6. The minimum atomic E-state index is 0.749. The number of thioether (sulfide) groups is 1. The lowest BCUT2D eigenvalue weighted by molar-refractivity contribution is 0.324. The van der Waals surface area contributed by atoms with Gasteiger partial charge in [0.15, 0.2) is 5.96 Å². The molecule has 0 aliphatic carbocycles. The van der Waals surface area contributed by atoms with Crippen LogP contribution >= 0.6 is 11.8 Å². The Morgan fingerprint density at radius 3 is 2.87 bits per heavy atom. The lowest BCUT2D eigenvalue weighted by Gasteiger charge is -2.17. The summed E-state index contributed by atoms with van der Waals surface area (Å²) in [5.74, 6) is 2.71. The van der Waals surface area contributed by atoms with Gasteiger partial charge in [0.25, 0.3) is 0 Å². The maximum atomic E-state index is 4.32. The summed E-state index contributed by atoms with van der Waals surface area (Å²) >= 11 is 1.87. The summed E-state index contributed by atoms with van der Waals surface area (Å²) in [6.07, 6.45) is 2.55. The quantitative estimate of drug-likeness (QED) is 0.332. The molecule has 2 rings (SSSR count). The zero-order valence-corrected chi connectivity index (χ0v) is 15.2. The van der Waals surface area contributed by atoms with Crippen LogP contribution in [0.2, 0.25) is 0 Å². The van der Waals surface area contributed by atoms with Crippen LogP contribution in [0.15, 0.2) is 40.2 Å². The second-order valence-electron chi connectivity index (χ2n) is 6.00. The van der Waals surface area contributed by atoms with E-state index in [1.165, 1.54) is 37.4 Å². The van der Waals surface area contributed by atoms with E-state index in [-0.39, 0.29) is 0 Å². The molecule has 1 aromatic carbocycles. The Morgan fingerprint density at radius 2 is 2.13 bits per heavy atom. The fraction of sp³-hybridized carbons (Fsp3) is 0.611. The highest BCUT2D eigenvalue weighted by molar-refractivity contribution is 7.99. The summed E-state index contributed by atoms with van der Waals surface area (Å²) < 4.78 is 0. The molecule has 2 N–H and O–H groups in total. The first kappa shape index (κ1) is 18.1. The number of rotatable bonds is 8. The van der Waals surface area contributed by atoms with E-state index in [9.17, 15) is 0 Å². The molecule has 1 saturated heterocycles. The number of hydrogen-bond acceptors (Lipinski definition) is 3. The lowest BCUT2D eigenvalue weighted by Crippen LogP contribution is -2.41. The molecule has 1 aliphatic rings. The summed E-state index contributed by atoms with van der Waals surface area (Å²) in [7, 11) is 1.84. The fourth-order valence-electron chi connectivity index (χ4n) is 2.92. The van der Waals surface area contributed by atoms with Gasteiger partial charge in [0.1, 0.15) is 0 Å². The lowest BCUT2D eigenvalue weighted by atomic mass is 10.1. The molecule has 0 spiro atoms. The van der Waals surface area contributed by atoms with Crippen molar-refractivity contribution in [2.45, 2.75) is 24.7 Å². The van der Waals surface area contributed by atoms with Crippen LogP contribution in [0.25, 0.3) is 0 Å². The van der Waals surface area contributed by atoms with E-state index in [4.69, 9.17) is 0 Å². The van der Waals surface area contributed by atoms with Gasteiger partial charge in [-0.2, -0.15) is 0 Å². The first-order valence-corrected chi connectivity index (χ1v) is 9.65. The highest BCUT2D eigenvalue weighted by Crippen LogP contribution is 2.16. The van der Waals surface area contributed by atoms with Crippen LogP contribution in [-0.4, -0.2) is 56.4 Å². The van der Waals surface area contributed by atoms with Gasteiger partial charge in [-0.3, -0.25) is 4.99 Å². The van der Waals surface area contributed by atoms with Crippen molar-refractivity contribution in [2.75, 3.05) is 45.5 Å². The van der Waals surface area contributed by atoms with E-state index in [0.717, 1.165) is 30.7 Å². The molecule has 1 atom stereocenters. The molecule has 4 nitrogen and oxygen atoms in total. The maximum absolute atomic E-state index is 4.32. The maximum Gasteiger partial charge on any atom is 0.191 e. The monoisotopic (exact) mass is 334 g/mol. The third-order valence-corrected chi connectivity index (χ3v) is 5.11. The molecule has 0 aromatic heterocycles. The number of aliphatic imine (C=N–C) groups is 1. The van der Waals surface area contributed by atoms with Crippen molar-refractivity contribution in [3.05, 3.63) is 30.3 Å². The molecule has 1 heterocycles. The Balaban J connectivity index is 1.59. The molecule has 1 aliphatic heterocycles. The Labute approximate surface area is 145 Å². The van der Waals surface area contributed by atoms with E-state index in [0.29, 0.717) is 0 Å². The van der Waals surface area contributed by atoms with Crippen molar-refractivity contribution in [2.24, 2.45) is 10.9 Å². The molecule has 5 heteroatoms. The number of guanidine groups is 1. The van der Waals surface area contributed by atoms with Crippen molar-refractivity contribution in [1.82, 2.24) is 15.5 Å². The Morgan fingerprint density at radius 1 is 1.30 bits per heavy atom. The van der Waals surface area contributed by atoms with Crippen LogP contribution in [0.3, 0.4) is 0 Å². The third-order valence-electron chi connectivity index (χ3n) is 4.10. The van der Waals surface area contributed by atoms with E-state index in [1.807, 2.05) is 18.8 Å². The summed E-state index contributed by atoms with van der Waals surface area (Å²) in [6, 6.07) is 10.5. The van der Waals surface area contributed by atoms with E-state index in [1.54, 1.807) is 0 Å². The summed E-state index contributed by atoms with van der Waals surface area (Å²) in [6.45, 7) is 7.91. The van der Waals surface area contributed by atoms with Crippen molar-refractivity contribution in [3.63, 3.8) is 0 Å². The number of likely N-dealkylation sites (tertiary alicyclic amines) is 1. The van der Waals surface area contributed by atoms with Crippen molar-refractivity contribution in [3.8, 4) is 0 Å². The predicted octanol–water partition coefficient (Wildman–Crippen LogP) is 2.68. The molecular formula is C18H30N4S. The van der Waals surface area contributed by atoms with Crippen molar-refractivity contribution < 1.29 is 0 Å². The van der Waals surface area contributed by atoms with Gasteiger partial charge in [0.2, 0.25) is 0 Å². The number of nitrogens with zero attached hydrogens (tertiary/aromatic N) is 2. The van der Waals surface area contributed by atoms with Gasteiger partial charge in [0, 0.05) is 37.3 Å². The van der Waals surface area contributed by atoms with E-state index in [2.05, 4.69) is 57.8 Å². The molecule has 1 aromatic rings. The predicted molar refractivity (Wildman–Crippen MR) is 101 cm³/mol. The minimum absolute atomic E-state index is 0.749. The Kier molecular flexibility index (Phi) is 8.32. The van der Waals surface area contributed by atoms with Gasteiger partial charge in [-0.1, -0.05) is 25.1 Å². The van der Waals surface area contributed by atoms with Crippen molar-refractivity contribution in [1.29, 1.82) is 0 Å². The van der Waals surface area contributed by atoms with E-state index >= 15 is 0 Å². The molecular weight excluding hydrogens is 304 g/mol. The molecule has 0 amide bonds. The SMILES string of the molecule is CCCN1CCC(CNC(=NC)NCCSc2ccccc2)C1. The highest BCUT2D eigenvalue weighted by atomic mass is 32.2. The third kappa shape index (κ3) is 6.83. The highest BCUT2D eigenvalue weighted by Gasteiger charge is 2.21. The van der Waals surface area contributed by atoms with Crippen LogP contribution in [0.4, 0.5) is 0 Å². The van der Waals surface area contributed by atoms with Gasteiger partial charge in [-0.15, -0.1) is 11.8 Å². The zero-order chi connectivity index (χ0) is 16.3. The topological polar surface area (TPSA) is 39.7 Å². The smallest absolute Gasteiger partial charge is 0.191 e. The molecule has 1 unspecified atom stereocenters. The molecule has 128 valence electrons. The molecule has 0 radical (unpaired) electrons. The van der Waals surface area contributed by atoms with Gasteiger partial charge in [-0.05, 0) is 44.0 Å². The molecule has 1 fully saturated rings. The second-order valence-corrected chi connectivity index (χ2v) is 7.17. The van der Waals surface area contributed by atoms with Crippen LogP contribution in [0.1, 0.15) is 19.8 Å². The van der Waals surface area contributed by atoms with Crippen LogP contribution < -0.4 is 10.6 Å². The Hall–Kier alpha value is -1.20. The van der Waals surface area contributed by atoms with E-state index < -0.39 is 0 Å². The van der Waals surface area contributed by atoms with Crippen LogP contribution in [-0.2, 0) is 0 Å². The number of nitrogens with one attached hydrogen (secondary N) is 2. The molecule has 0 saturated carbocycles. The van der Waals surface area contributed by atoms with Gasteiger partial charge < -0.3 is 15.5 Å².